The molecule has 0 saturated heterocycles. The van der Waals surface area contributed by atoms with Gasteiger partial charge in [0.15, 0.2) is 0 Å². The van der Waals surface area contributed by atoms with Gasteiger partial charge in [-0.05, 0) is 25.8 Å². The van der Waals surface area contributed by atoms with Crippen molar-refractivity contribution >= 4 is 21.6 Å². The van der Waals surface area contributed by atoms with Crippen LogP contribution in [0.3, 0.4) is 0 Å². The van der Waals surface area contributed by atoms with Crippen molar-refractivity contribution in [3.05, 3.63) is 34.1 Å². The number of aromatic nitrogens is 4. The summed E-state index contributed by atoms with van der Waals surface area (Å²) in [5.41, 5.74) is 8.92. The van der Waals surface area contributed by atoms with Gasteiger partial charge in [0, 0.05) is 28.1 Å². The summed E-state index contributed by atoms with van der Waals surface area (Å²) in [6.45, 7) is 1.97. The van der Waals surface area contributed by atoms with E-state index in [2.05, 4.69) is 15.2 Å². The van der Waals surface area contributed by atoms with Gasteiger partial charge < -0.3 is 10.7 Å². The Balaban J connectivity index is 1.81. The van der Waals surface area contributed by atoms with Crippen molar-refractivity contribution in [2.75, 3.05) is 0 Å². The molecule has 1 saturated carbocycles. The van der Waals surface area contributed by atoms with E-state index in [-0.39, 0.29) is 17.5 Å². The summed E-state index contributed by atoms with van der Waals surface area (Å²) in [4.78, 5) is 21.2. The molecule has 0 spiro atoms. The summed E-state index contributed by atoms with van der Waals surface area (Å²) in [7, 11) is 0. The zero-order valence-corrected chi connectivity index (χ0v) is 13.7. The number of hydrogen-bond acceptors (Lipinski definition) is 5. The lowest BCUT2D eigenvalue weighted by molar-refractivity contribution is 0.373. The Morgan fingerprint density at radius 2 is 2.17 bits per heavy atom. The number of rotatable bonds is 2. The zero-order valence-electron chi connectivity index (χ0n) is 12.9. The summed E-state index contributed by atoms with van der Waals surface area (Å²) in [5, 5.41) is 6.98. The summed E-state index contributed by atoms with van der Waals surface area (Å²) in [6.07, 6.45) is 6.07. The number of H-pyrrole nitrogens is 2. The van der Waals surface area contributed by atoms with Crippen molar-refractivity contribution in [3.63, 3.8) is 0 Å². The summed E-state index contributed by atoms with van der Waals surface area (Å²) < 4.78 is 0.661. The number of aromatic amines is 2. The molecule has 0 unspecified atom stereocenters. The van der Waals surface area contributed by atoms with Gasteiger partial charge >= 0.3 is 0 Å². The van der Waals surface area contributed by atoms with Gasteiger partial charge in [0.05, 0.1) is 11.7 Å². The first kappa shape index (κ1) is 14.6. The molecule has 3 aromatic rings. The maximum absolute atomic E-state index is 12.5. The van der Waals surface area contributed by atoms with E-state index >= 15 is 0 Å². The molecule has 2 atom stereocenters. The van der Waals surface area contributed by atoms with E-state index in [9.17, 15) is 4.79 Å². The quantitative estimate of drug-likeness (QED) is 0.673. The molecule has 1 fully saturated rings. The molecule has 0 aromatic carbocycles. The summed E-state index contributed by atoms with van der Waals surface area (Å²) >= 11 is 1.45. The van der Waals surface area contributed by atoms with Crippen LogP contribution in [0.15, 0.2) is 17.1 Å². The van der Waals surface area contributed by atoms with Crippen molar-refractivity contribution in [2.45, 2.75) is 44.6 Å². The number of fused-ring (bicyclic) bond motifs is 1. The summed E-state index contributed by atoms with van der Waals surface area (Å²) in [6, 6.07) is 2.06. The van der Waals surface area contributed by atoms with Gasteiger partial charge in [0.25, 0.3) is 5.56 Å². The average molecular weight is 329 g/mol. The van der Waals surface area contributed by atoms with Crippen LogP contribution in [0.2, 0.25) is 0 Å². The van der Waals surface area contributed by atoms with Crippen LogP contribution in [-0.4, -0.2) is 26.2 Å². The number of nitrogens with zero attached hydrogens (tertiary/aromatic N) is 2. The van der Waals surface area contributed by atoms with Crippen molar-refractivity contribution in [3.8, 4) is 10.4 Å². The van der Waals surface area contributed by atoms with Crippen molar-refractivity contribution in [1.82, 2.24) is 20.2 Å². The smallest absolute Gasteiger partial charge is 0.268 e. The fourth-order valence-electron chi connectivity index (χ4n) is 3.36. The van der Waals surface area contributed by atoms with Gasteiger partial charge in [0.1, 0.15) is 10.5 Å². The SMILES string of the molecule is Cc1[nH]ncc1-c1cc2nc([C@H]3CCCC[C@@H]3N)[nH]c(=O)c2s1. The molecule has 6 nitrogen and oxygen atoms in total. The monoisotopic (exact) mass is 329 g/mol. The van der Waals surface area contributed by atoms with Crippen molar-refractivity contribution < 1.29 is 0 Å². The van der Waals surface area contributed by atoms with Crippen LogP contribution in [0.4, 0.5) is 0 Å². The molecule has 4 rings (SSSR count). The molecule has 4 N–H and O–H groups in total. The van der Waals surface area contributed by atoms with Crippen LogP contribution >= 0.6 is 11.3 Å². The minimum Gasteiger partial charge on any atom is -0.327 e. The van der Waals surface area contributed by atoms with Gasteiger partial charge in [-0.25, -0.2) is 4.98 Å². The molecular formula is C16H19N5OS. The van der Waals surface area contributed by atoms with Crippen molar-refractivity contribution in [1.29, 1.82) is 0 Å². The van der Waals surface area contributed by atoms with E-state index in [1.54, 1.807) is 6.20 Å². The Kier molecular flexibility index (Phi) is 3.54. The first-order valence-electron chi connectivity index (χ1n) is 7.93. The predicted molar refractivity (Wildman–Crippen MR) is 91.7 cm³/mol. The lowest BCUT2D eigenvalue weighted by atomic mass is 9.84. The number of nitrogens with one attached hydrogen (secondary N) is 2. The molecule has 3 aromatic heterocycles. The number of nitrogens with two attached hydrogens (primary N) is 1. The average Bonchev–Trinajstić information content (AvgIpc) is 3.13. The molecule has 0 amide bonds. The molecule has 1 aliphatic carbocycles. The predicted octanol–water partition coefficient (Wildman–Crippen LogP) is 2.67. The number of aryl methyl sites for hydroxylation is 1. The Hall–Kier alpha value is -1.99. The minimum atomic E-state index is -0.0693. The summed E-state index contributed by atoms with van der Waals surface area (Å²) in [5.74, 6) is 0.892. The molecule has 3 heterocycles. The second-order valence-electron chi connectivity index (χ2n) is 6.24. The highest BCUT2D eigenvalue weighted by molar-refractivity contribution is 7.22. The van der Waals surface area contributed by atoms with Crippen molar-refractivity contribution in [2.24, 2.45) is 5.73 Å². The Morgan fingerprint density at radius 1 is 1.35 bits per heavy atom. The lowest BCUT2D eigenvalue weighted by Gasteiger charge is -2.27. The number of hydrogen-bond donors (Lipinski definition) is 3. The van der Waals surface area contributed by atoms with E-state index < -0.39 is 0 Å². The normalized spacial score (nSPS) is 21.8. The van der Waals surface area contributed by atoms with E-state index in [4.69, 9.17) is 10.7 Å². The molecule has 23 heavy (non-hydrogen) atoms. The third-order valence-electron chi connectivity index (χ3n) is 4.67. The third kappa shape index (κ3) is 2.49. The van der Waals surface area contributed by atoms with Crippen LogP contribution in [0.1, 0.15) is 43.1 Å². The molecule has 7 heteroatoms. The molecule has 0 aliphatic heterocycles. The fraction of sp³-hybridized carbons (Fsp3) is 0.438. The third-order valence-corrected chi connectivity index (χ3v) is 5.82. The first-order valence-corrected chi connectivity index (χ1v) is 8.75. The molecule has 0 radical (unpaired) electrons. The highest BCUT2D eigenvalue weighted by Gasteiger charge is 2.26. The van der Waals surface area contributed by atoms with Gasteiger partial charge in [0.2, 0.25) is 0 Å². The second-order valence-corrected chi connectivity index (χ2v) is 7.29. The topological polar surface area (TPSA) is 100 Å². The van der Waals surface area contributed by atoms with Gasteiger partial charge in [-0.1, -0.05) is 12.8 Å². The fourth-order valence-corrected chi connectivity index (χ4v) is 4.42. The van der Waals surface area contributed by atoms with E-state index in [1.165, 1.54) is 11.3 Å². The van der Waals surface area contributed by atoms with Crippen LogP contribution in [-0.2, 0) is 0 Å². The largest absolute Gasteiger partial charge is 0.327 e. The Labute approximate surface area is 137 Å². The van der Waals surface area contributed by atoms with Crippen LogP contribution < -0.4 is 11.3 Å². The Bertz CT molecular complexity index is 909. The maximum Gasteiger partial charge on any atom is 0.268 e. The van der Waals surface area contributed by atoms with Crippen LogP contribution in [0, 0.1) is 6.92 Å². The van der Waals surface area contributed by atoms with E-state index in [0.29, 0.717) is 4.70 Å². The van der Waals surface area contributed by atoms with Gasteiger partial charge in [-0.3, -0.25) is 9.89 Å². The van der Waals surface area contributed by atoms with Crippen LogP contribution in [0.5, 0.6) is 0 Å². The zero-order chi connectivity index (χ0) is 16.0. The molecular weight excluding hydrogens is 310 g/mol. The van der Waals surface area contributed by atoms with Gasteiger partial charge in [-0.15, -0.1) is 11.3 Å². The van der Waals surface area contributed by atoms with Crippen LogP contribution in [0.25, 0.3) is 20.7 Å². The second kappa shape index (κ2) is 5.58. The molecule has 0 bridgehead atoms. The Morgan fingerprint density at radius 3 is 2.91 bits per heavy atom. The molecule has 120 valence electrons. The standard InChI is InChI=1S/C16H19N5OS/c1-8-10(7-18-21-8)13-6-12-14(23-13)16(22)20-15(19-12)9-4-2-3-5-11(9)17/h6-7,9,11H,2-5,17H2,1H3,(H,18,21)(H,19,20,22)/t9-,11-/m0/s1. The van der Waals surface area contributed by atoms with Gasteiger partial charge in [-0.2, -0.15) is 5.10 Å². The number of thiophene rings is 1. The maximum atomic E-state index is 12.5. The molecule has 1 aliphatic rings. The minimum absolute atomic E-state index is 0.0693. The van der Waals surface area contributed by atoms with E-state index in [0.717, 1.165) is 53.2 Å². The van der Waals surface area contributed by atoms with E-state index in [1.807, 2.05) is 13.0 Å². The highest BCUT2D eigenvalue weighted by atomic mass is 32.1. The highest BCUT2D eigenvalue weighted by Crippen LogP contribution is 2.34. The lowest BCUT2D eigenvalue weighted by Crippen LogP contribution is -2.33. The first-order chi connectivity index (χ1) is 11.1.